The molecule has 7 heteroatoms. The Labute approximate surface area is 175 Å². The number of carbonyl (C=O) groups is 1. The van der Waals surface area contributed by atoms with Gasteiger partial charge in [-0.05, 0) is 56.9 Å². The number of fused-ring (bicyclic) bond motifs is 1. The summed E-state index contributed by atoms with van der Waals surface area (Å²) in [5.41, 5.74) is 2.07. The maximum atomic E-state index is 12.6. The first-order valence-corrected chi connectivity index (χ1v) is 9.88. The molecule has 0 saturated heterocycles. The molecule has 3 aromatic rings. The molecule has 0 fully saturated rings. The molecule has 30 heavy (non-hydrogen) atoms. The van der Waals surface area contributed by atoms with Gasteiger partial charge in [-0.25, -0.2) is 9.59 Å². The van der Waals surface area contributed by atoms with E-state index in [1.54, 1.807) is 13.0 Å². The predicted octanol–water partition coefficient (Wildman–Crippen LogP) is 4.43. The molecule has 0 spiro atoms. The van der Waals surface area contributed by atoms with Gasteiger partial charge in [0, 0.05) is 18.6 Å². The van der Waals surface area contributed by atoms with Crippen molar-refractivity contribution in [3.05, 3.63) is 69.6 Å². The lowest BCUT2D eigenvalue weighted by molar-refractivity contribution is 0.0955. The quantitative estimate of drug-likeness (QED) is 0.625. The monoisotopic (exact) mass is 409 g/mol. The SMILES string of the molecule is Cc1c(CN(C(=O)O)C(C)(C)C)ccc2nc(NCCc3ccccc3)oc(=O)c12. The van der Waals surface area contributed by atoms with E-state index < -0.39 is 17.3 Å². The van der Waals surface area contributed by atoms with E-state index in [0.29, 0.717) is 23.0 Å². The highest BCUT2D eigenvalue weighted by Gasteiger charge is 2.27. The van der Waals surface area contributed by atoms with Gasteiger partial charge < -0.3 is 14.8 Å². The normalized spacial score (nSPS) is 11.5. The zero-order valence-electron chi connectivity index (χ0n) is 17.7. The molecule has 1 heterocycles. The number of rotatable bonds is 6. The maximum absolute atomic E-state index is 12.6. The third-order valence-electron chi connectivity index (χ3n) is 5.07. The molecule has 0 aliphatic carbocycles. The Kier molecular flexibility index (Phi) is 6.10. The fourth-order valence-corrected chi connectivity index (χ4v) is 3.33. The van der Waals surface area contributed by atoms with E-state index in [2.05, 4.69) is 10.3 Å². The van der Waals surface area contributed by atoms with Gasteiger partial charge in [0.2, 0.25) is 0 Å². The van der Waals surface area contributed by atoms with E-state index in [9.17, 15) is 14.7 Å². The molecule has 0 aliphatic heterocycles. The lowest BCUT2D eigenvalue weighted by atomic mass is 10.0. The summed E-state index contributed by atoms with van der Waals surface area (Å²) in [4.78, 5) is 30.1. The van der Waals surface area contributed by atoms with Gasteiger partial charge >= 0.3 is 11.7 Å². The fourth-order valence-electron chi connectivity index (χ4n) is 3.33. The van der Waals surface area contributed by atoms with Crippen molar-refractivity contribution in [1.82, 2.24) is 9.88 Å². The van der Waals surface area contributed by atoms with Gasteiger partial charge in [-0.3, -0.25) is 4.90 Å². The Bertz CT molecular complexity index is 1100. The Morgan fingerprint density at radius 2 is 1.87 bits per heavy atom. The van der Waals surface area contributed by atoms with Crippen LogP contribution in [0.25, 0.3) is 10.9 Å². The van der Waals surface area contributed by atoms with Gasteiger partial charge in [0.15, 0.2) is 0 Å². The van der Waals surface area contributed by atoms with Crippen molar-refractivity contribution in [2.75, 3.05) is 11.9 Å². The second-order valence-electron chi connectivity index (χ2n) is 8.25. The molecule has 0 bridgehead atoms. The number of aryl methyl sites for hydroxylation is 1. The zero-order chi connectivity index (χ0) is 21.9. The minimum atomic E-state index is -1.01. The third kappa shape index (κ3) is 4.79. The van der Waals surface area contributed by atoms with Crippen LogP contribution in [0.1, 0.15) is 37.5 Å². The van der Waals surface area contributed by atoms with E-state index in [1.807, 2.05) is 57.2 Å². The predicted molar refractivity (Wildman–Crippen MR) is 117 cm³/mol. The first kappa shape index (κ1) is 21.4. The highest BCUT2D eigenvalue weighted by atomic mass is 16.4. The second kappa shape index (κ2) is 8.57. The molecule has 158 valence electrons. The van der Waals surface area contributed by atoms with Crippen molar-refractivity contribution in [2.24, 2.45) is 0 Å². The number of nitrogens with zero attached hydrogens (tertiary/aromatic N) is 2. The maximum Gasteiger partial charge on any atom is 0.408 e. The minimum absolute atomic E-state index is 0.178. The van der Waals surface area contributed by atoms with Crippen LogP contribution in [0.4, 0.5) is 10.8 Å². The Morgan fingerprint density at radius 3 is 2.50 bits per heavy atom. The summed E-state index contributed by atoms with van der Waals surface area (Å²) in [7, 11) is 0. The van der Waals surface area contributed by atoms with E-state index in [1.165, 1.54) is 10.5 Å². The summed E-state index contributed by atoms with van der Waals surface area (Å²) >= 11 is 0. The molecule has 0 saturated carbocycles. The van der Waals surface area contributed by atoms with Gasteiger partial charge in [0.1, 0.15) is 0 Å². The van der Waals surface area contributed by atoms with E-state index in [4.69, 9.17) is 4.42 Å². The zero-order valence-corrected chi connectivity index (χ0v) is 17.7. The highest BCUT2D eigenvalue weighted by molar-refractivity contribution is 5.82. The Hall–Kier alpha value is -3.35. The first-order valence-electron chi connectivity index (χ1n) is 9.88. The molecule has 2 N–H and O–H groups in total. The van der Waals surface area contributed by atoms with Crippen molar-refractivity contribution in [3.63, 3.8) is 0 Å². The van der Waals surface area contributed by atoms with Crippen molar-refractivity contribution >= 4 is 23.0 Å². The summed E-state index contributed by atoms with van der Waals surface area (Å²) in [5.74, 6) is 0. The van der Waals surface area contributed by atoms with Crippen LogP contribution in [0.2, 0.25) is 0 Å². The fraction of sp³-hybridized carbons (Fsp3) is 0.348. The standard InChI is InChI=1S/C23H27N3O4/c1-15-17(14-26(22(28)29)23(2,3)4)10-11-18-19(15)20(27)30-21(25-18)24-13-12-16-8-6-5-7-9-16/h5-11H,12-14H2,1-4H3,(H,24,25)(H,28,29). The van der Waals surface area contributed by atoms with Crippen LogP contribution in [0.5, 0.6) is 0 Å². The molecule has 0 radical (unpaired) electrons. The third-order valence-corrected chi connectivity index (χ3v) is 5.07. The molecule has 0 aliphatic rings. The molecular formula is C23H27N3O4. The van der Waals surface area contributed by atoms with E-state index in [0.717, 1.165) is 12.0 Å². The largest absolute Gasteiger partial charge is 0.465 e. The summed E-state index contributed by atoms with van der Waals surface area (Å²) in [6, 6.07) is 13.7. The van der Waals surface area contributed by atoms with E-state index in [-0.39, 0.29) is 12.6 Å². The van der Waals surface area contributed by atoms with Crippen LogP contribution >= 0.6 is 0 Å². The van der Waals surface area contributed by atoms with Gasteiger partial charge in [-0.15, -0.1) is 0 Å². The van der Waals surface area contributed by atoms with Crippen LogP contribution in [0.3, 0.4) is 0 Å². The minimum Gasteiger partial charge on any atom is -0.465 e. The van der Waals surface area contributed by atoms with Crippen molar-refractivity contribution in [1.29, 1.82) is 0 Å². The molecule has 1 amide bonds. The van der Waals surface area contributed by atoms with Crippen molar-refractivity contribution < 1.29 is 14.3 Å². The van der Waals surface area contributed by atoms with Crippen LogP contribution in [-0.2, 0) is 13.0 Å². The van der Waals surface area contributed by atoms with Gasteiger partial charge in [-0.1, -0.05) is 36.4 Å². The van der Waals surface area contributed by atoms with Crippen LogP contribution in [-0.4, -0.2) is 33.2 Å². The number of benzene rings is 2. The van der Waals surface area contributed by atoms with Crippen LogP contribution in [0, 0.1) is 6.92 Å². The number of hydrogen-bond donors (Lipinski definition) is 2. The number of carboxylic acid groups (broad SMARTS) is 1. The molecule has 2 aromatic carbocycles. The van der Waals surface area contributed by atoms with Crippen LogP contribution in [0.15, 0.2) is 51.7 Å². The number of hydrogen-bond acceptors (Lipinski definition) is 5. The molecule has 0 unspecified atom stereocenters. The Balaban J connectivity index is 1.83. The smallest absolute Gasteiger partial charge is 0.408 e. The summed E-state index contributed by atoms with van der Waals surface area (Å²) in [6.07, 6.45) is -0.231. The lowest BCUT2D eigenvalue weighted by Crippen LogP contribution is -2.44. The molecular weight excluding hydrogens is 382 g/mol. The lowest BCUT2D eigenvalue weighted by Gasteiger charge is -2.33. The first-order chi connectivity index (χ1) is 14.2. The van der Waals surface area contributed by atoms with Gasteiger partial charge in [0.05, 0.1) is 10.9 Å². The molecule has 0 atom stereocenters. The number of nitrogens with one attached hydrogen (secondary N) is 1. The average molecular weight is 409 g/mol. The summed E-state index contributed by atoms with van der Waals surface area (Å²) < 4.78 is 5.38. The number of anilines is 1. The average Bonchev–Trinajstić information content (AvgIpc) is 2.66. The van der Waals surface area contributed by atoms with Crippen molar-refractivity contribution in [2.45, 2.75) is 46.2 Å². The van der Waals surface area contributed by atoms with Gasteiger partial charge in [-0.2, -0.15) is 4.98 Å². The number of aromatic nitrogens is 1. The second-order valence-corrected chi connectivity index (χ2v) is 8.25. The summed E-state index contributed by atoms with van der Waals surface area (Å²) in [6.45, 7) is 8.06. The highest BCUT2D eigenvalue weighted by Crippen LogP contribution is 2.24. The number of amides is 1. The van der Waals surface area contributed by atoms with E-state index >= 15 is 0 Å². The van der Waals surface area contributed by atoms with Crippen molar-refractivity contribution in [3.8, 4) is 0 Å². The Morgan fingerprint density at radius 1 is 1.17 bits per heavy atom. The molecule has 7 nitrogen and oxygen atoms in total. The molecule has 3 rings (SSSR count). The topological polar surface area (TPSA) is 95.7 Å². The molecule has 1 aromatic heterocycles. The summed E-state index contributed by atoms with van der Waals surface area (Å²) in [5, 5.41) is 13.0. The van der Waals surface area contributed by atoms with Crippen LogP contribution < -0.4 is 10.9 Å². The van der Waals surface area contributed by atoms with Gasteiger partial charge in [0.25, 0.3) is 6.01 Å².